The summed E-state index contributed by atoms with van der Waals surface area (Å²) in [6, 6.07) is 6.72. The van der Waals surface area contributed by atoms with Gasteiger partial charge in [0.05, 0.1) is 18.9 Å². The van der Waals surface area contributed by atoms with E-state index >= 15 is 0 Å². The van der Waals surface area contributed by atoms with Crippen molar-refractivity contribution in [3.05, 3.63) is 56.9 Å². The molecule has 1 aromatic carbocycles. The molecule has 2 aromatic rings. The number of carboxylic acid groups (broad SMARTS) is 1. The van der Waals surface area contributed by atoms with Gasteiger partial charge in [-0.1, -0.05) is 0 Å². The van der Waals surface area contributed by atoms with Gasteiger partial charge in [-0.3, -0.25) is 18.7 Å². The molecule has 0 spiro atoms. The minimum atomic E-state index is -1.39. The van der Waals surface area contributed by atoms with E-state index in [2.05, 4.69) is 5.32 Å². The van der Waals surface area contributed by atoms with Crippen LogP contribution in [0.3, 0.4) is 0 Å². The maximum absolute atomic E-state index is 12.4. The monoisotopic (exact) mass is 344 g/mol. The number of anilines is 1. The molecule has 9 heteroatoms. The van der Waals surface area contributed by atoms with Crippen molar-refractivity contribution in [2.24, 2.45) is 0 Å². The lowest BCUT2D eigenvalue weighted by atomic mass is 10.2. The number of benzene rings is 1. The van der Waals surface area contributed by atoms with Crippen molar-refractivity contribution < 1.29 is 14.7 Å². The molecule has 0 atom stereocenters. The fourth-order valence-electron chi connectivity index (χ4n) is 2.69. The Hall–Kier alpha value is -3.36. The van der Waals surface area contributed by atoms with Crippen LogP contribution in [-0.2, 0) is 11.3 Å². The molecule has 25 heavy (non-hydrogen) atoms. The molecule has 0 aliphatic carbocycles. The van der Waals surface area contributed by atoms with E-state index in [0.29, 0.717) is 12.4 Å². The highest BCUT2D eigenvalue weighted by atomic mass is 16.4. The molecular weight excluding hydrogens is 328 g/mol. The number of hydrogen-bond donors (Lipinski definition) is 2. The lowest BCUT2D eigenvalue weighted by Gasteiger charge is -2.16. The first-order valence-corrected chi connectivity index (χ1v) is 7.64. The largest absolute Gasteiger partial charge is 0.477 e. The smallest absolute Gasteiger partial charge is 0.342 e. The first-order chi connectivity index (χ1) is 11.9. The van der Waals surface area contributed by atoms with Crippen LogP contribution < -0.4 is 21.5 Å². The summed E-state index contributed by atoms with van der Waals surface area (Å²) in [6.07, 6.45) is 1.04. The summed E-state index contributed by atoms with van der Waals surface area (Å²) in [5.41, 5.74) is -0.688. The maximum Gasteiger partial charge on any atom is 0.342 e. The van der Waals surface area contributed by atoms with Crippen LogP contribution in [-0.4, -0.2) is 39.3 Å². The zero-order valence-electron chi connectivity index (χ0n) is 13.4. The number of hydrogen-bond acceptors (Lipinski definition) is 5. The van der Waals surface area contributed by atoms with Crippen LogP contribution in [0.2, 0.25) is 0 Å². The molecule has 0 radical (unpaired) electrons. The quantitative estimate of drug-likeness (QED) is 0.781. The molecular formula is C16H16N4O5. The Kier molecular flexibility index (Phi) is 4.14. The van der Waals surface area contributed by atoms with Gasteiger partial charge in [-0.05, 0) is 31.2 Å². The summed E-state index contributed by atoms with van der Waals surface area (Å²) in [7, 11) is 0. The van der Waals surface area contributed by atoms with Gasteiger partial charge < -0.3 is 15.3 Å². The van der Waals surface area contributed by atoms with E-state index in [1.165, 1.54) is 0 Å². The molecule has 3 rings (SSSR count). The van der Waals surface area contributed by atoms with E-state index in [0.717, 1.165) is 21.0 Å². The number of carbonyl (C=O) groups excluding carboxylic acids is 1. The number of nitrogens with one attached hydrogen (secondary N) is 1. The van der Waals surface area contributed by atoms with E-state index in [1.807, 2.05) is 4.90 Å². The van der Waals surface area contributed by atoms with Crippen LogP contribution >= 0.6 is 0 Å². The zero-order chi connectivity index (χ0) is 18.1. The predicted octanol–water partition coefficient (Wildman–Crippen LogP) is -0.389. The molecule has 1 aliphatic rings. The number of amides is 1. The predicted molar refractivity (Wildman–Crippen MR) is 89.3 cm³/mol. The average Bonchev–Trinajstić information content (AvgIpc) is 3.02. The molecule has 1 saturated heterocycles. The summed E-state index contributed by atoms with van der Waals surface area (Å²) in [5.74, 6) is -1.46. The van der Waals surface area contributed by atoms with Gasteiger partial charge in [-0.15, -0.1) is 0 Å². The first-order valence-electron chi connectivity index (χ1n) is 7.64. The number of carbonyl (C=O) groups is 2. The third-order valence-corrected chi connectivity index (χ3v) is 4.01. The van der Waals surface area contributed by atoms with Crippen molar-refractivity contribution in [2.45, 2.75) is 13.5 Å². The Morgan fingerprint density at radius 1 is 1.16 bits per heavy atom. The fourth-order valence-corrected chi connectivity index (χ4v) is 2.69. The van der Waals surface area contributed by atoms with Gasteiger partial charge in [0.2, 0.25) is 5.91 Å². The van der Waals surface area contributed by atoms with Gasteiger partial charge in [-0.2, -0.15) is 0 Å². The average molecular weight is 344 g/mol. The SMILES string of the molecule is CCn1c(=O)c(C(=O)O)cn(-c2ccc(N3CNC(=O)C3)cc2)c1=O. The van der Waals surface area contributed by atoms with E-state index in [4.69, 9.17) is 0 Å². The summed E-state index contributed by atoms with van der Waals surface area (Å²) < 4.78 is 2.01. The minimum absolute atomic E-state index is 0.0679. The summed E-state index contributed by atoms with van der Waals surface area (Å²) in [5, 5.41) is 11.9. The third-order valence-electron chi connectivity index (χ3n) is 4.01. The minimum Gasteiger partial charge on any atom is -0.477 e. The molecule has 2 N–H and O–H groups in total. The van der Waals surface area contributed by atoms with E-state index in [9.17, 15) is 24.3 Å². The maximum atomic E-state index is 12.4. The Labute approximate surface area is 141 Å². The summed E-state index contributed by atoms with van der Waals surface area (Å²) in [6.45, 7) is 2.32. The fraction of sp³-hybridized carbons (Fsp3) is 0.250. The topological polar surface area (TPSA) is 114 Å². The van der Waals surface area contributed by atoms with Crippen molar-refractivity contribution in [2.75, 3.05) is 18.1 Å². The van der Waals surface area contributed by atoms with Gasteiger partial charge in [0.1, 0.15) is 5.56 Å². The Bertz CT molecular complexity index is 958. The second-order valence-electron chi connectivity index (χ2n) is 5.52. The van der Waals surface area contributed by atoms with Crippen LogP contribution in [0.5, 0.6) is 0 Å². The van der Waals surface area contributed by atoms with Crippen molar-refractivity contribution in [1.82, 2.24) is 14.5 Å². The van der Waals surface area contributed by atoms with E-state index in [-0.39, 0.29) is 19.0 Å². The Morgan fingerprint density at radius 2 is 1.80 bits per heavy atom. The van der Waals surface area contributed by atoms with E-state index < -0.39 is 22.8 Å². The third kappa shape index (κ3) is 2.91. The number of nitrogens with zero attached hydrogens (tertiary/aromatic N) is 3. The van der Waals surface area contributed by atoms with Gasteiger partial charge in [-0.25, -0.2) is 9.59 Å². The van der Waals surface area contributed by atoms with Crippen LogP contribution in [0.25, 0.3) is 5.69 Å². The van der Waals surface area contributed by atoms with Crippen LogP contribution in [0.15, 0.2) is 40.1 Å². The van der Waals surface area contributed by atoms with E-state index in [1.54, 1.807) is 31.2 Å². The van der Waals surface area contributed by atoms with Crippen molar-refractivity contribution >= 4 is 17.6 Å². The molecule has 1 aliphatic heterocycles. The van der Waals surface area contributed by atoms with Crippen molar-refractivity contribution in [1.29, 1.82) is 0 Å². The highest BCUT2D eigenvalue weighted by Crippen LogP contribution is 2.17. The van der Waals surface area contributed by atoms with Gasteiger partial charge in [0, 0.05) is 18.4 Å². The van der Waals surface area contributed by atoms with Gasteiger partial charge in [0.15, 0.2) is 0 Å². The second kappa shape index (κ2) is 6.27. The molecule has 0 saturated carbocycles. The Balaban J connectivity index is 2.06. The normalized spacial score (nSPS) is 13.8. The zero-order valence-corrected chi connectivity index (χ0v) is 13.4. The molecule has 1 aromatic heterocycles. The highest BCUT2D eigenvalue weighted by molar-refractivity contribution is 5.87. The molecule has 1 fully saturated rings. The molecule has 0 unspecified atom stereocenters. The number of aromatic nitrogens is 2. The summed E-state index contributed by atoms with van der Waals surface area (Å²) >= 11 is 0. The number of aromatic carboxylic acids is 1. The highest BCUT2D eigenvalue weighted by Gasteiger charge is 2.19. The first kappa shape index (κ1) is 16.5. The molecule has 2 heterocycles. The van der Waals surface area contributed by atoms with Crippen molar-refractivity contribution in [3.63, 3.8) is 0 Å². The molecule has 1 amide bonds. The number of carboxylic acids is 1. The van der Waals surface area contributed by atoms with Crippen LogP contribution in [0, 0.1) is 0 Å². The molecule has 130 valence electrons. The lowest BCUT2D eigenvalue weighted by Crippen LogP contribution is -2.41. The van der Waals surface area contributed by atoms with Gasteiger partial charge >= 0.3 is 11.7 Å². The molecule has 9 nitrogen and oxygen atoms in total. The van der Waals surface area contributed by atoms with Crippen LogP contribution in [0.4, 0.5) is 5.69 Å². The van der Waals surface area contributed by atoms with Crippen molar-refractivity contribution in [3.8, 4) is 5.69 Å². The molecule has 0 bridgehead atoms. The number of rotatable bonds is 4. The van der Waals surface area contributed by atoms with Gasteiger partial charge in [0.25, 0.3) is 5.56 Å². The Morgan fingerprint density at radius 3 is 2.32 bits per heavy atom. The lowest BCUT2D eigenvalue weighted by molar-refractivity contribution is -0.118. The van der Waals surface area contributed by atoms with Crippen LogP contribution in [0.1, 0.15) is 17.3 Å². The standard InChI is InChI=1S/C16H16N4O5/c1-2-19-14(22)12(15(23)24)7-20(16(19)25)11-5-3-10(4-6-11)18-8-13(21)17-9-18/h3-7H,2,8-9H2,1H3,(H,17,21)(H,23,24). The second-order valence-corrected chi connectivity index (χ2v) is 5.52. The summed E-state index contributed by atoms with van der Waals surface area (Å²) in [4.78, 5) is 48.8.